The van der Waals surface area contributed by atoms with Crippen molar-refractivity contribution in [2.75, 3.05) is 6.61 Å². The molecule has 128 valence electrons. The van der Waals surface area contributed by atoms with E-state index >= 15 is 0 Å². The molecule has 0 radical (unpaired) electrons. The average Bonchev–Trinajstić information content (AvgIpc) is 3.07. The number of aryl methyl sites for hydroxylation is 1. The highest BCUT2D eigenvalue weighted by molar-refractivity contribution is 9.10. The molecule has 0 aliphatic carbocycles. The fraction of sp³-hybridized carbons (Fsp3) is 0.438. The highest BCUT2D eigenvalue weighted by atomic mass is 79.9. The molecule has 0 saturated carbocycles. The third kappa shape index (κ3) is 3.76. The Balaban J connectivity index is 1.91. The van der Waals surface area contributed by atoms with Crippen LogP contribution in [0.4, 0.5) is 0 Å². The van der Waals surface area contributed by atoms with Gasteiger partial charge in [-0.1, -0.05) is 25.7 Å². The van der Waals surface area contributed by atoms with Gasteiger partial charge in [-0.3, -0.25) is 0 Å². The maximum absolute atomic E-state index is 5.86. The number of hydrogen-bond donors (Lipinski definition) is 0. The highest BCUT2D eigenvalue weighted by Gasteiger charge is 2.18. The Morgan fingerprint density at radius 2 is 2.04 bits per heavy atom. The molecule has 3 rings (SSSR count). The summed E-state index contributed by atoms with van der Waals surface area (Å²) in [7, 11) is -1.10. The summed E-state index contributed by atoms with van der Waals surface area (Å²) in [6.07, 6.45) is 0. The predicted molar refractivity (Wildman–Crippen MR) is 99.6 cm³/mol. The van der Waals surface area contributed by atoms with E-state index in [-0.39, 0.29) is 0 Å². The molecule has 0 unspecified atom stereocenters. The smallest absolute Gasteiger partial charge is 0.249 e. The van der Waals surface area contributed by atoms with Crippen LogP contribution in [-0.4, -0.2) is 34.7 Å². The minimum atomic E-state index is -1.10. The lowest BCUT2D eigenvalue weighted by Gasteiger charge is -2.15. The van der Waals surface area contributed by atoms with Crippen molar-refractivity contribution in [2.24, 2.45) is 0 Å². The number of hydrogen-bond acceptors (Lipinski definition) is 5. The summed E-state index contributed by atoms with van der Waals surface area (Å²) >= 11 is 3.52. The first kappa shape index (κ1) is 17.3. The number of fused-ring (bicyclic) bond motifs is 1. The molecule has 0 spiro atoms. The van der Waals surface area contributed by atoms with Gasteiger partial charge >= 0.3 is 0 Å². The van der Waals surface area contributed by atoms with Crippen LogP contribution in [-0.2, 0) is 11.5 Å². The maximum Gasteiger partial charge on any atom is 0.249 e. The van der Waals surface area contributed by atoms with Gasteiger partial charge in [0.05, 0.1) is 11.1 Å². The molecular formula is C16H21BrN4O2Si. The molecule has 0 aliphatic heterocycles. The van der Waals surface area contributed by atoms with E-state index in [0.717, 1.165) is 33.7 Å². The van der Waals surface area contributed by atoms with Crippen LogP contribution in [0.15, 0.2) is 27.2 Å². The molecular weight excluding hydrogens is 388 g/mol. The summed E-state index contributed by atoms with van der Waals surface area (Å²) in [6.45, 7) is 9.95. The van der Waals surface area contributed by atoms with E-state index in [1.54, 1.807) is 6.92 Å². The lowest BCUT2D eigenvalue weighted by Crippen LogP contribution is -2.22. The molecule has 2 aromatic heterocycles. The first-order chi connectivity index (χ1) is 11.3. The van der Waals surface area contributed by atoms with Gasteiger partial charge in [-0.2, -0.15) is 5.10 Å². The van der Waals surface area contributed by atoms with Crippen molar-refractivity contribution in [3.05, 3.63) is 28.7 Å². The fourth-order valence-electron chi connectivity index (χ4n) is 2.40. The second kappa shape index (κ2) is 6.77. The quantitative estimate of drug-likeness (QED) is 0.444. The van der Waals surface area contributed by atoms with E-state index in [4.69, 9.17) is 9.15 Å². The molecule has 0 aliphatic rings. The van der Waals surface area contributed by atoms with Crippen molar-refractivity contribution >= 4 is 34.9 Å². The standard InChI is InChI=1S/C16H21BrN4O2Si/c1-11-18-19-16(23-11)13-7-5-6-12-14(13)21(20-15(12)17)10-22-8-9-24(2,3)4/h5-7H,8-10H2,1-4H3. The van der Waals surface area contributed by atoms with Gasteiger partial charge in [-0.05, 0) is 34.1 Å². The summed E-state index contributed by atoms with van der Waals surface area (Å²) in [5, 5.41) is 13.6. The van der Waals surface area contributed by atoms with Crippen molar-refractivity contribution in [1.29, 1.82) is 0 Å². The Hall–Kier alpha value is -1.51. The number of halogens is 1. The first-order valence-corrected chi connectivity index (χ1v) is 12.4. The summed E-state index contributed by atoms with van der Waals surface area (Å²) in [5.74, 6) is 1.03. The summed E-state index contributed by atoms with van der Waals surface area (Å²) in [6, 6.07) is 7.06. The second-order valence-corrected chi connectivity index (χ2v) is 13.3. The van der Waals surface area contributed by atoms with Crippen LogP contribution in [0, 0.1) is 6.92 Å². The summed E-state index contributed by atoms with van der Waals surface area (Å²) in [4.78, 5) is 0. The molecule has 0 fully saturated rings. The SMILES string of the molecule is Cc1nnc(-c2cccc3c(Br)nn(COCC[Si](C)(C)C)c23)o1. The lowest BCUT2D eigenvalue weighted by atomic mass is 10.1. The Kier molecular flexibility index (Phi) is 4.89. The molecule has 0 amide bonds. The largest absolute Gasteiger partial charge is 0.421 e. The van der Waals surface area contributed by atoms with Gasteiger partial charge in [0.15, 0.2) is 0 Å². The molecule has 8 heteroatoms. The van der Waals surface area contributed by atoms with E-state index < -0.39 is 8.07 Å². The van der Waals surface area contributed by atoms with E-state index in [1.165, 1.54) is 0 Å². The van der Waals surface area contributed by atoms with Gasteiger partial charge in [0.25, 0.3) is 0 Å². The van der Waals surface area contributed by atoms with Crippen molar-refractivity contribution in [3.63, 3.8) is 0 Å². The zero-order valence-corrected chi connectivity index (χ0v) is 16.9. The van der Waals surface area contributed by atoms with Crippen LogP contribution in [0.5, 0.6) is 0 Å². The molecule has 0 N–H and O–H groups in total. The highest BCUT2D eigenvalue weighted by Crippen LogP contribution is 2.32. The van der Waals surface area contributed by atoms with Gasteiger partial charge in [-0.25, -0.2) is 4.68 Å². The number of benzene rings is 1. The fourth-order valence-corrected chi connectivity index (χ4v) is 3.67. The molecule has 3 aromatic rings. The zero-order chi connectivity index (χ0) is 17.3. The molecule has 6 nitrogen and oxygen atoms in total. The number of nitrogens with zero attached hydrogens (tertiary/aromatic N) is 4. The van der Waals surface area contributed by atoms with E-state index in [2.05, 4.69) is 50.9 Å². The van der Waals surface area contributed by atoms with Crippen LogP contribution in [0.1, 0.15) is 5.89 Å². The Morgan fingerprint density at radius 3 is 2.71 bits per heavy atom. The minimum absolute atomic E-state index is 0.400. The summed E-state index contributed by atoms with van der Waals surface area (Å²) < 4.78 is 14.1. The van der Waals surface area contributed by atoms with E-state index in [1.807, 2.05) is 22.9 Å². The van der Waals surface area contributed by atoms with Gasteiger partial charge in [0.1, 0.15) is 11.3 Å². The second-order valence-electron chi connectivity index (χ2n) is 6.97. The van der Waals surface area contributed by atoms with Crippen LogP contribution < -0.4 is 0 Å². The van der Waals surface area contributed by atoms with Crippen molar-refractivity contribution in [2.45, 2.75) is 39.3 Å². The van der Waals surface area contributed by atoms with E-state index in [9.17, 15) is 0 Å². The number of ether oxygens (including phenoxy) is 1. The topological polar surface area (TPSA) is 66.0 Å². The van der Waals surface area contributed by atoms with Crippen LogP contribution >= 0.6 is 15.9 Å². The Bertz CT molecular complexity index is 853. The van der Waals surface area contributed by atoms with Crippen molar-refractivity contribution in [3.8, 4) is 11.5 Å². The average molecular weight is 409 g/mol. The molecule has 2 heterocycles. The molecule has 24 heavy (non-hydrogen) atoms. The Morgan fingerprint density at radius 1 is 1.25 bits per heavy atom. The Labute approximate surface area is 150 Å². The van der Waals surface area contributed by atoms with Crippen LogP contribution in [0.25, 0.3) is 22.4 Å². The van der Waals surface area contributed by atoms with Crippen LogP contribution in [0.2, 0.25) is 25.7 Å². The van der Waals surface area contributed by atoms with Gasteiger partial charge < -0.3 is 9.15 Å². The summed E-state index contributed by atoms with van der Waals surface area (Å²) in [5.41, 5.74) is 1.79. The molecule has 0 saturated heterocycles. The predicted octanol–water partition coefficient (Wildman–Crippen LogP) is 4.47. The van der Waals surface area contributed by atoms with Gasteiger partial charge in [0, 0.05) is 27.0 Å². The maximum atomic E-state index is 5.86. The first-order valence-electron chi connectivity index (χ1n) is 7.88. The van der Waals surface area contributed by atoms with Gasteiger partial charge in [-0.15, -0.1) is 10.2 Å². The van der Waals surface area contributed by atoms with Crippen molar-refractivity contribution < 1.29 is 9.15 Å². The molecule has 1 aromatic carbocycles. The third-order valence-electron chi connectivity index (χ3n) is 3.69. The lowest BCUT2D eigenvalue weighted by molar-refractivity contribution is 0.0815. The molecule has 0 atom stereocenters. The van der Waals surface area contributed by atoms with Crippen LogP contribution in [0.3, 0.4) is 0 Å². The van der Waals surface area contributed by atoms with Crippen molar-refractivity contribution in [1.82, 2.24) is 20.0 Å². The third-order valence-corrected chi connectivity index (χ3v) is 5.98. The zero-order valence-electron chi connectivity index (χ0n) is 14.3. The minimum Gasteiger partial charge on any atom is -0.421 e. The number of rotatable bonds is 6. The van der Waals surface area contributed by atoms with E-state index in [0.29, 0.717) is 18.5 Å². The van der Waals surface area contributed by atoms with Gasteiger partial charge in [0.2, 0.25) is 11.8 Å². The number of para-hydroxylation sites is 1. The monoisotopic (exact) mass is 408 g/mol. The molecule has 0 bridgehead atoms. The normalized spacial score (nSPS) is 12.2. The number of aromatic nitrogens is 4.